The van der Waals surface area contributed by atoms with Crippen LogP contribution >= 0.6 is 0 Å². The average molecular weight is 391 g/mol. The standard InChI is InChI=1S/C23H22FN3O2/c1-2-27(20-6-4-3-5-7-20)23(29)18-13-15-25-21(16-18)22(28)26-14-12-17-8-10-19(24)11-9-17/h3-11,13,15-16H,2,12,14H2,1H3,(H,26,28). The number of nitrogens with zero attached hydrogens (tertiary/aromatic N) is 2. The summed E-state index contributed by atoms with van der Waals surface area (Å²) in [5.74, 6) is -0.842. The molecule has 0 saturated heterocycles. The molecule has 6 heteroatoms. The van der Waals surface area contributed by atoms with E-state index in [1.807, 2.05) is 37.3 Å². The van der Waals surface area contributed by atoms with Gasteiger partial charge < -0.3 is 10.2 Å². The zero-order valence-electron chi connectivity index (χ0n) is 16.1. The molecule has 2 amide bonds. The van der Waals surface area contributed by atoms with Crippen LogP contribution < -0.4 is 10.2 Å². The van der Waals surface area contributed by atoms with Gasteiger partial charge in [0.2, 0.25) is 0 Å². The van der Waals surface area contributed by atoms with Crippen molar-refractivity contribution in [2.75, 3.05) is 18.0 Å². The maximum absolute atomic E-state index is 12.9. The van der Waals surface area contributed by atoms with Crippen LogP contribution in [0.4, 0.5) is 10.1 Å². The molecule has 2 aromatic carbocycles. The van der Waals surface area contributed by atoms with Crippen molar-refractivity contribution in [3.63, 3.8) is 0 Å². The number of carbonyl (C=O) groups is 2. The van der Waals surface area contributed by atoms with Crippen LogP contribution in [0.3, 0.4) is 0 Å². The molecule has 0 aliphatic carbocycles. The first kappa shape index (κ1) is 20.2. The highest BCUT2D eigenvalue weighted by atomic mass is 19.1. The molecule has 1 aromatic heterocycles. The maximum atomic E-state index is 12.9. The second-order valence-corrected chi connectivity index (χ2v) is 6.45. The molecule has 0 saturated carbocycles. The van der Waals surface area contributed by atoms with Gasteiger partial charge in [-0.25, -0.2) is 4.39 Å². The Morgan fingerprint density at radius 2 is 1.76 bits per heavy atom. The molecular weight excluding hydrogens is 369 g/mol. The summed E-state index contributed by atoms with van der Waals surface area (Å²) in [5, 5.41) is 2.78. The van der Waals surface area contributed by atoms with Crippen LogP contribution in [0.25, 0.3) is 0 Å². The minimum Gasteiger partial charge on any atom is -0.350 e. The van der Waals surface area contributed by atoms with Crippen molar-refractivity contribution in [3.8, 4) is 0 Å². The van der Waals surface area contributed by atoms with E-state index < -0.39 is 0 Å². The van der Waals surface area contributed by atoms with E-state index in [0.717, 1.165) is 11.3 Å². The summed E-state index contributed by atoms with van der Waals surface area (Å²) in [6.45, 7) is 2.79. The lowest BCUT2D eigenvalue weighted by Crippen LogP contribution is -2.31. The molecule has 0 radical (unpaired) electrons. The van der Waals surface area contributed by atoms with E-state index in [0.29, 0.717) is 25.1 Å². The smallest absolute Gasteiger partial charge is 0.269 e. The largest absolute Gasteiger partial charge is 0.350 e. The molecule has 3 aromatic rings. The van der Waals surface area contributed by atoms with E-state index >= 15 is 0 Å². The van der Waals surface area contributed by atoms with Gasteiger partial charge in [-0.3, -0.25) is 14.6 Å². The quantitative estimate of drug-likeness (QED) is 0.665. The molecule has 0 atom stereocenters. The highest BCUT2D eigenvalue weighted by Crippen LogP contribution is 2.17. The molecule has 0 aliphatic heterocycles. The van der Waals surface area contributed by atoms with E-state index in [-0.39, 0.29) is 23.3 Å². The van der Waals surface area contributed by atoms with Gasteiger partial charge in [0.15, 0.2) is 0 Å². The predicted molar refractivity (Wildman–Crippen MR) is 110 cm³/mol. The summed E-state index contributed by atoms with van der Waals surface area (Å²) >= 11 is 0. The fourth-order valence-electron chi connectivity index (χ4n) is 2.96. The monoisotopic (exact) mass is 391 g/mol. The Hall–Kier alpha value is -3.54. The van der Waals surface area contributed by atoms with Gasteiger partial charge in [-0.15, -0.1) is 0 Å². The molecule has 3 rings (SSSR count). The Morgan fingerprint density at radius 3 is 2.45 bits per heavy atom. The molecular formula is C23H22FN3O2. The van der Waals surface area contributed by atoms with Gasteiger partial charge in [0.05, 0.1) is 0 Å². The lowest BCUT2D eigenvalue weighted by atomic mass is 10.1. The van der Waals surface area contributed by atoms with Gasteiger partial charge in [0, 0.05) is 30.5 Å². The number of carbonyl (C=O) groups excluding carboxylic acids is 2. The van der Waals surface area contributed by atoms with E-state index in [9.17, 15) is 14.0 Å². The van der Waals surface area contributed by atoms with Crippen molar-refractivity contribution in [1.29, 1.82) is 0 Å². The number of hydrogen-bond donors (Lipinski definition) is 1. The third kappa shape index (κ3) is 5.25. The Bertz CT molecular complexity index is 975. The molecule has 29 heavy (non-hydrogen) atoms. The number of rotatable bonds is 7. The van der Waals surface area contributed by atoms with Crippen molar-refractivity contribution in [2.45, 2.75) is 13.3 Å². The molecule has 0 spiro atoms. The van der Waals surface area contributed by atoms with Gasteiger partial charge in [-0.2, -0.15) is 0 Å². The van der Waals surface area contributed by atoms with Gasteiger partial charge in [0.1, 0.15) is 11.5 Å². The fraction of sp³-hybridized carbons (Fsp3) is 0.174. The van der Waals surface area contributed by atoms with Crippen LogP contribution in [-0.2, 0) is 6.42 Å². The van der Waals surface area contributed by atoms with E-state index in [4.69, 9.17) is 0 Å². The van der Waals surface area contributed by atoms with Crippen LogP contribution in [0.15, 0.2) is 72.9 Å². The third-order valence-corrected chi connectivity index (χ3v) is 4.48. The van der Waals surface area contributed by atoms with Crippen LogP contribution in [0.1, 0.15) is 33.3 Å². The summed E-state index contributed by atoms with van der Waals surface area (Å²) in [7, 11) is 0. The first-order chi connectivity index (χ1) is 14.1. The number of benzene rings is 2. The summed E-state index contributed by atoms with van der Waals surface area (Å²) in [6.07, 6.45) is 2.03. The minimum absolute atomic E-state index is 0.180. The van der Waals surface area contributed by atoms with E-state index in [2.05, 4.69) is 10.3 Å². The normalized spacial score (nSPS) is 10.4. The van der Waals surface area contributed by atoms with Gasteiger partial charge in [0.25, 0.3) is 11.8 Å². The Kier molecular flexibility index (Phi) is 6.68. The molecule has 5 nitrogen and oxygen atoms in total. The second-order valence-electron chi connectivity index (χ2n) is 6.45. The second kappa shape index (κ2) is 9.59. The number of para-hydroxylation sites is 1. The van der Waals surface area contributed by atoms with Crippen LogP contribution in [-0.4, -0.2) is 29.9 Å². The zero-order valence-corrected chi connectivity index (χ0v) is 16.1. The number of pyridine rings is 1. The number of nitrogens with one attached hydrogen (secondary N) is 1. The van der Waals surface area contributed by atoms with Gasteiger partial charge >= 0.3 is 0 Å². The summed E-state index contributed by atoms with van der Waals surface area (Å²) in [4.78, 5) is 31.1. The molecule has 0 bridgehead atoms. The molecule has 0 fully saturated rings. The topological polar surface area (TPSA) is 62.3 Å². The van der Waals surface area contributed by atoms with Crippen molar-refractivity contribution in [2.24, 2.45) is 0 Å². The minimum atomic E-state index is -0.357. The zero-order chi connectivity index (χ0) is 20.6. The molecule has 0 unspecified atom stereocenters. The molecule has 148 valence electrons. The molecule has 0 aliphatic rings. The van der Waals surface area contributed by atoms with Crippen molar-refractivity contribution in [3.05, 3.63) is 95.6 Å². The summed E-state index contributed by atoms with van der Waals surface area (Å²) in [5.41, 5.74) is 2.29. The highest BCUT2D eigenvalue weighted by Gasteiger charge is 2.18. The molecule has 1 N–H and O–H groups in total. The Morgan fingerprint density at radius 1 is 1.03 bits per heavy atom. The summed E-state index contributed by atoms with van der Waals surface area (Å²) in [6, 6.07) is 18.6. The number of halogens is 1. The first-order valence-electron chi connectivity index (χ1n) is 9.44. The SMILES string of the molecule is CCN(C(=O)c1ccnc(C(=O)NCCc2ccc(F)cc2)c1)c1ccccc1. The first-order valence-corrected chi connectivity index (χ1v) is 9.44. The number of aromatic nitrogens is 1. The Labute approximate surface area is 169 Å². The molecule has 1 heterocycles. The van der Waals surface area contributed by atoms with Crippen molar-refractivity contribution in [1.82, 2.24) is 10.3 Å². The number of amides is 2. The van der Waals surface area contributed by atoms with Crippen LogP contribution in [0, 0.1) is 5.82 Å². The van der Waals surface area contributed by atoms with Crippen molar-refractivity contribution < 1.29 is 14.0 Å². The Balaban J connectivity index is 1.65. The number of hydrogen-bond acceptors (Lipinski definition) is 3. The lowest BCUT2D eigenvalue weighted by Gasteiger charge is -2.21. The van der Waals surface area contributed by atoms with Gasteiger partial charge in [-0.1, -0.05) is 30.3 Å². The maximum Gasteiger partial charge on any atom is 0.269 e. The van der Waals surface area contributed by atoms with Gasteiger partial charge in [-0.05, 0) is 55.3 Å². The predicted octanol–water partition coefficient (Wildman–Crippen LogP) is 3.86. The van der Waals surface area contributed by atoms with E-state index in [1.54, 1.807) is 23.1 Å². The summed E-state index contributed by atoms with van der Waals surface area (Å²) < 4.78 is 12.9. The number of anilines is 1. The van der Waals surface area contributed by atoms with Crippen molar-refractivity contribution >= 4 is 17.5 Å². The lowest BCUT2D eigenvalue weighted by molar-refractivity contribution is 0.0949. The fourth-order valence-corrected chi connectivity index (χ4v) is 2.96. The highest BCUT2D eigenvalue weighted by molar-refractivity contribution is 6.07. The third-order valence-electron chi connectivity index (χ3n) is 4.48. The van der Waals surface area contributed by atoms with Crippen LogP contribution in [0.5, 0.6) is 0 Å². The average Bonchev–Trinajstić information content (AvgIpc) is 2.76. The van der Waals surface area contributed by atoms with E-state index in [1.165, 1.54) is 24.4 Å². The van der Waals surface area contributed by atoms with Crippen LogP contribution in [0.2, 0.25) is 0 Å².